The number of nitrogens with zero attached hydrogens (tertiary/aromatic N) is 1. The van der Waals surface area contributed by atoms with Crippen LogP contribution < -0.4 is 10.6 Å². The molecule has 0 aromatic heterocycles. The lowest BCUT2D eigenvalue weighted by atomic mass is 9.96. The summed E-state index contributed by atoms with van der Waals surface area (Å²) in [5, 5.41) is 5.77. The SMILES string of the molecule is Cc1ccc(NC(=O)CN2CCC(C(=O)Nc3ccc(F)cc3)CC2)cc1C. The zero-order valence-corrected chi connectivity index (χ0v) is 16.3. The van der Waals surface area contributed by atoms with Gasteiger partial charge < -0.3 is 10.6 Å². The molecule has 1 fully saturated rings. The number of anilines is 2. The highest BCUT2D eigenvalue weighted by Crippen LogP contribution is 2.20. The molecule has 2 amide bonds. The fourth-order valence-corrected chi connectivity index (χ4v) is 3.35. The maximum absolute atomic E-state index is 13.0. The number of benzene rings is 2. The van der Waals surface area contributed by atoms with Gasteiger partial charge in [-0.3, -0.25) is 14.5 Å². The number of piperidine rings is 1. The number of carbonyl (C=O) groups excluding carboxylic acids is 2. The molecule has 5 nitrogen and oxygen atoms in total. The minimum absolute atomic E-state index is 0.0440. The van der Waals surface area contributed by atoms with E-state index in [1.54, 1.807) is 12.1 Å². The first-order chi connectivity index (χ1) is 13.4. The molecule has 2 N–H and O–H groups in total. The number of amides is 2. The van der Waals surface area contributed by atoms with Crippen LogP contribution in [0.25, 0.3) is 0 Å². The summed E-state index contributed by atoms with van der Waals surface area (Å²) in [7, 11) is 0. The van der Waals surface area contributed by atoms with Crippen LogP contribution in [0.4, 0.5) is 15.8 Å². The summed E-state index contributed by atoms with van der Waals surface area (Å²) in [6.07, 6.45) is 1.40. The Labute approximate surface area is 164 Å². The van der Waals surface area contributed by atoms with Gasteiger partial charge >= 0.3 is 0 Å². The second-order valence-corrected chi connectivity index (χ2v) is 7.39. The van der Waals surface area contributed by atoms with Crippen molar-refractivity contribution in [2.24, 2.45) is 5.92 Å². The van der Waals surface area contributed by atoms with E-state index in [0.717, 1.165) is 11.3 Å². The Morgan fingerprint density at radius 1 is 0.964 bits per heavy atom. The van der Waals surface area contributed by atoms with E-state index in [1.807, 2.05) is 32.0 Å². The fraction of sp³-hybridized carbons (Fsp3) is 0.364. The van der Waals surface area contributed by atoms with Crippen LogP contribution in [0.5, 0.6) is 0 Å². The van der Waals surface area contributed by atoms with Gasteiger partial charge in [-0.15, -0.1) is 0 Å². The third-order valence-electron chi connectivity index (χ3n) is 5.23. The average Bonchev–Trinajstić information content (AvgIpc) is 2.67. The topological polar surface area (TPSA) is 61.4 Å². The average molecular weight is 383 g/mol. The van der Waals surface area contributed by atoms with Crippen LogP contribution in [-0.4, -0.2) is 36.3 Å². The van der Waals surface area contributed by atoms with Crippen LogP contribution in [0, 0.1) is 25.6 Å². The standard InChI is InChI=1S/C22H26FN3O2/c1-15-3-6-20(13-16(15)2)24-21(27)14-26-11-9-17(10-12-26)22(28)25-19-7-4-18(23)5-8-19/h3-8,13,17H,9-12,14H2,1-2H3,(H,24,27)(H,25,28). The molecule has 2 aromatic carbocycles. The second-order valence-electron chi connectivity index (χ2n) is 7.39. The first-order valence-electron chi connectivity index (χ1n) is 9.56. The molecule has 0 radical (unpaired) electrons. The lowest BCUT2D eigenvalue weighted by Gasteiger charge is -2.30. The van der Waals surface area contributed by atoms with Gasteiger partial charge in [-0.2, -0.15) is 0 Å². The van der Waals surface area contributed by atoms with Crippen LogP contribution in [0.15, 0.2) is 42.5 Å². The molecule has 3 rings (SSSR count). The number of halogens is 1. The van der Waals surface area contributed by atoms with Gasteiger partial charge in [0.1, 0.15) is 5.82 Å². The molecule has 2 aromatic rings. The van der Waals surface area contributed by atoms with Gasteiger partial charge in [0, 0.05) is 17.3 Å². The molecular weight excluding hydrogens is 357 g/mol. The molecule has 0 bridgehead atoms. The summed E-state index contributed by atoms with van der Waals surface area (Å²) in [5.74, 6) is -0.516. The first-order valence-corrected chi connectivity index (χ1v) is 9.56. The van der Waals surface area contributed by atoms with Crippen LogP contribution in [0.1, 0.15) is 24.0 Å². The van der Waals surface area contributed by atoms with Crippen molar-refractivity contribution in [2.75, 3.05) is 30.3 Å². The summed E-state index contributed by atoms with van der Waals surface area (Å²) < 4.78 is 13.0. The molecule has 0 atom stereocenters. The number of hydrogen-bond acceptors (Lipinski definition) is 3. The van der Waals surface area contributed by atoms with Gasteiger partial charge in [0.25, 0.3) is 0 Å². The van der Waals surface area contributed by atoms with E-state index < -0.39 is 0 Å². The summed E-state index contributed by atoms with van der Waals surface area (Å²) in [6, 6.07) is 11.6. The Kier molecular flexibility index (Phi) is 6.41. The van der Waals surface area contributed by atoms with Gasteiger partial charge in [-0.1, -0.05) is 6.07 Å². The number of aryl methyl sites for hydroxylation is 2. The van der Waals surface area contributed by atoms with Crippen molar-refractivity contribution in [3.8, 4) is 0 Å². The highest BCUT2D eigenvalue weighted by molar-refractivity contribution is 5.93. The van der Waals surface area contributed by atoms with E-state index >= 15 is 0 Å². The van der Waals surface area contributed by atoms with E-state index in [-0.39, 0.29) is 23.5 Å². The van der Waals surface area contributed by atoms with Gasteiger partial charge in [-0.25, -0.2) is 4.39 Å². The highest BCUT2D eigenvalue weighted by Gasteiger charge is 2.26. The van der Waals surface area contributed by atoms with Gasteiger partial charge in [0.2, 0.25) is 11.8 Å². The van der Waals surface area contributed by atoms with E-state index in [2.05, 4.69) is 15.5 Å². The van der Waals surface area contributed by atoms with Crippen LogP contribution in [0.3, 0.4) is 0 Å². The number of rotatable bonds is 5. The monoisotopic (exact) mass is 383 g/mol. The Hall–Kier alpha value is -2.73. The zero-order valence-electron chi connectivity index (χ0n) is 16.3. The minimum Gasteiger partial charge on any atom is -0.326 e. The summed E-state index contributed by atoms with van der Waals surface area (Å²) in [4.78, 5) is 26.7. The number of likely N-dealkylation sites (tertiary alicyclic amines) is 1. The van der Waals surface area contributed by atoms with Crippen LogP contribution in [-0.2, 0) is 9.59 Å². The normalized spacial score (nSPS) is 15.2. The molecule has 0 saturated carbocycles. The Balaban J connectivity index is 1.44. The molecule has 0 aliphatic carbocycles. The van der Waals surface area contributed by atoms with E-state index in [9.17, 15) is 14.0 Å². The zero-order chi connectivity index (χ0) is 20.1. The molecule has 1 aliphatic rings. The van der Waals surface area contributed by atoms with E-state index in [0.29, 0.717) is 38.2 Å². The number of nitrogens with one attached hydrogen (secondary N) is 2. The molecule has 1 saturated heterocycles. The van der Waals surface area contributed by atoms with Crippen LogP contribution in [0.2, 0.25) is 0 Å². The van der Waals surface area contributed by atoms with Crippen molar-refractivity contribution in [2.45, 2.75) is 26.7 Å². The summed E-state index contributed by atoms with van der Waals surface area (Å²) in [5.41, 5.74) is 3.74. The van der Waals surface area contributed by atoms with Crippen molar-refractivity contribution in [1.82, 2.24) is 4.90 Å². The highest BCUT2D eigenvalue weighted by atomic mass is 19.1. The van der Waals surface area contributed by atoms with Crippen molar-refractivity contribution >= 4 is 23.2 Å². The van der Waals surface area contributed by atoms with Crippen molar-refractivity contribution in [3.63, 3.8) is 0 Å². The Morgan fingerprint density at radius 3 is 2.25 bits per heavy atom. The van der Waals surface area contributed by atoms with E-state index in [4.69, 9.17) is 0 Å². The smallest absolute Gasteiger partial charge is 0.238 e. The predicted octanol–water partition coefficient (Wildman–Crippen LogP) is 3.73. The van der Waals surface area contributed by atoms with Crippen molar-refractivity contribution in [1.29, 1.82) is 0 Å². The molecule has 148 valence electrons. The number of carbonyl (C=O) groups is 2. The van der Waals surface area contributed by atoms with E-state index in [1.165, 1.54) is 17.7 Å². The van der Waals surface area contributed by atoms with Crippen molar-refractivity contribution in [3.05, 3.63) is 59.4 Å². The molecule has 6 heteroatoms. The lowest BCUT2D eigenvalue weighted by molar-refractivity contribution is -0.121. The third kappa shape index (κ3) is 5.39. The molecular formula is C22H26FN3O2. The largest absolute Gasteiger partial charge is 0.326 e. The summed E-state index contributed by atoms with van der Waals surface area (Å²) in [6.45, 7) is 5.77. The second kappa shape index (κ2) is 8.97. The maximum atomic E-state index is 13.0. The Morgan fingerprint density at radius 2 is 1.61 bits per heavy atom. The maximum Gasteiger partial charge on any atom is 0.238 e. The molecule has 28 heavy (non-hydrogen) atoms. The third-order valence-corrected chi connectivity index (χ3v) is 5.23. The summed E-state index contributed by atoms with van der Waals surface area (Å²) >= 11 is 0. The molecule has 0 unspecified atom stereocenters. The van der Waals surface area contributed by atoms with Gasteiger partial charge in [-0.05, 0) is 87.3 Å². The van der Waals surface area contributed by atoms with Crippen molar-refractivity contribution < 1.29 is 14.0 Å². The lowest BCUT2D eigenvalue weighted by Crippen LogP contribution is -2.41. The number of hydrogen-bond donors (Lipinski definition) is 2. The molecule has 1 heterocycles. The van der Waals surface area contributed by atoms with Crippen LogP contribution >= 0.6 is 0 Å². The minimum atomic E-state index is -0.328. The quantitative estimate of drug-likeness (QED) is 0.827. The Bertz CT molecular complexity index is 843. The fourth-order valence-electron chi connectivity index (χ4n) is 3.35. The molecule has 0 spiro atoms. The van der Waals surface area contributed by atoms with Gasteiger partial charge in [0.15, 0.2) is 0 Å². The first kappa shape index (κ1) is 20.0. The predicted molar refractivity (Wildman–Crippen MR) is 109 cm³/mol. The van der Waals surface area contributed by atoms with Gasteiger partial charge in [0.05, 0.1) is 6.54 Å². The molecule has 1 aliphatic heterocycles.